The minimum absolute atomic E-state index is 0.506. The summed E-state index contributed by atoms with van der Waals surface area (Å²) in [7, 11) is 0. The number of nitrogens with one attached hydrogen (secondary N) is 2. The first-order valence-electron chi connectivity index (χ1n) is 5.57. The summed E-state index contributed by atoms with van der Waals surface area (Å²) in [5, 5.41) is 3.17. The van der Waals surface area contributed by atoms with Gasteiger partial charge in [0.15, 0.2) is 0 Å². The number of hydrogen-bond donors (Lipinski definition) is 3. The summed E-state index contributed by atoms with van der Waals surface area (Å²) >= 11 is 3.43. The highest BCUT2D eigenvalue weighted by atomic mass is 79.9. The van der Waals surface area contributed by atoms with E-state index >= 15 is 0 Å². The first-order chi connectivity index (χ1) is 8.02. The Balaban J connectivity index is 2.77. The van der Waals surface area contributed by atoms with Gasteiger partial charge in [-0.3, -0.25) is 10.4 Å². The Morgan fingerprint density at radius 3 is 2.71 bits per heavy atom. The van der Waals surface area contributed by atoms with Gasteiger partial charge < -0.3 is 5.32 Å². The predicted molar refractivity (Wildman–Crippen MR) is 77.0 cm³/mol. The Labute approximate surface area is 111 Å². The zero-order chi connectivity index (χ0) is 12.8. The van der Waals surface area contributed by atoms with Crippen molar-refractivity contribution in [3.8, 4) is 0 Å². The average Bonchev–Trinajstić information content (AvgIpc) is 2.26. The number of anilines is 1. The second kappa shape index (κ2) is 6.61. The van der Waals surface area contributed by atoms with Crippen LogP contribution in [0.4, 0.5) is 5.69 Å². The normalized spacial score (nSPS) is 11.8. The maximum absolute atomic E-state index is 5.43. The van der Waals surface area contributed by atoms with E-state index in [2.05, 4.69) is 45.5 Å². The van der Waals surface area contributed by atoms with Gasteiger partial charge >= 0.3 is 0 Å². The second-order valence-corrected chi connectivity index (χ2v) is 5.23. The maximum atomic E-state index is 5.43. The van der Waals surface area contributed by atoms with E-state index < -0.39 is 0 Å². The van der Waals surface area contributed by atoms with Crippen molar-refractivity contribution in [2.75, 3.05) is 11.9 Å². The van der Waals surface area contributed by atoms with Gasteiger partial charge in [-0.1, -0.05) is 29.8 Å². The lowest BCUT2D eigenvalue weighted by molar-refractivity contribution is 0.663. The largest absolute Gasteiger partial charge is 0.325 e. The minimum atomic E-state index is 0.506. The van der Waals surface area contributed by atoms with Crippen molar-refractivity contribution >= 4 is 27.6 Å². The molecule has 0 fully saturated rings. The lowest BCUT2D eigenvalue weighted by atomic mass is 10.2. The van der Waals surface area contributed by atoms with Crippen LogP contribution in [0, 0.1) is 12.8 Å². The van der Waals surface area contributed by atoms with Crippen molar-refractivity contribution in [2.24, 2.45) is 16.8 Å². The van der Waals surface area contributed by atoms with Crippen LogP contribution >= 0.6 is 15.9 Å². The highest BCUT2D eigenvalue weighted by Crippen LogP contribution is 2.19. The highest BCUT2D eigenvalue weighted by Gasteiger charge is 2.02. The molecule has 0 aliphatic rings. The number of halogens is 1. The Morgan fingerprint density at radius 2 is 2.18 bits per heavy atom. The van der Waals surface area contributed by atoms with Crippen LogP contribution in [0.1, 0.15) is 19.4 Å². The van der Waals surface area contributed by atoms with Crippen LogP contribution in [0.25, 0.3) is 0 Å². The highest BCUT2D eigenvalue weighted by molar-refractivity contribution is 9.10. The van der Waals surface area contributed by atoms with E-state index in [0.29, 0.717) is 11.9 Å². The third-order valence-corrected chi connectivity index (χ3v) is 2.69. The van der Waals surface area contributed by atoms with Crippen LogP contribution in [0.5, 0.6) is 0 Å². The monoisotopic (exact) mass is 298 g/mol. The molecule has 0 amide bonds. The molecule has 1 rings (SSSR count). The van der Waals surface area contributed by atoms with Gasteiger partial charge in [0, 0.05) is 16.7 Å². The van der Waals surface area contributed by atoms with Gasteiger partial charge in [-0.25, -0.2) is 5.84 Å². The summed E-state index contributed by atoms with van der Waals surface area (Å²) in [4.78, 5) is 4.36. The number of aliphatic imine (C=N–C) groups is 1. The maximum Gasteiger partial charge on any atom is 0.210 e. The van der Waals surface area contributed by atoms with Crippen molar-refractivity contribution < 1.29 is 0 Å². The van der Waals surface area contributed by atoms with Gasteiger partial charge in [-0.2, -0.15) is 0 Å². The van der Waals surface area contributed by atoms with Crippen molar-refractivity contribution in [3.63, 3.8) is 0 Å². The van der Waals surface area contributed by atoms with Crippen LogP contribution in [0.3, 0.4) is 0 Å². The van der Waals surface area contributed by atoms with Gasteiger partial charge in [-0.15, -0.1) is 0 Å². The molecule has 1 aromatic rings. The van der Waals surface area contributed by atoms with Crippen molar-refractivity contribution in [1.29, 1.82) is 0 Å². The summed E-state index contributed by atoms with van der Waals surface area (Å²) in [5.41, 5.74) is 4.70. The summed E-state index contributed by atoms with van der Waals surface area (Å²) in [6.45, 7) is 7.00. The fourth-order valence-corrected chi connectivity index (χ4v) is 1.77. The summed E-state index contributed by atoms with van der Waals surface area (Å²) in [5.74, 6) is 6.53. The van der Waals surface area contributed by atoms with Gasteiger partial charge in [0.2, 0.25) is 5.96 Å². The van der Waals surface area contributed by atoms with Crippen LogP contribution in [0.2, 0.25) is 0 Å². The Kier molecular flexibility index (Phi) is 5.44. The van der Waals surface area contributed by atoms with E-state index in [1.807, 2.05) is 25.1 Å². The molecule has 0 spiro atoms. The summed E-state index contributed by atoms with van der Waals surface area (Å²) in [6.07, 6.45) is 0. The van der Waals surface area contributed by atoms with Crippen molar-refractivity contribution in [1.82, 2.24) is 5.43 Å². The molecule has 0 aromatic heterocycles. The van der Waals surface area contributed by atoms with Crippen LogP contribution in [-0.2, 0) is 0 Å². The second-order valence-electron chi connectivity index (χ2n) is 4.31. The third-order valence-electron chi connectivity index (χ3n) is 2.19. The molecule has 0 unspecified atom stereocenters. The van der Waals surface area contributed by atoms with E-state index in [9.17, 15) is 0 Å². The van der Waals surface area contributed by atoms with Crippen LogP contribution in [0.15, 0.2) is 27.7 Å². The minimum Gasteiger partial charge on any atom is -0.325 e. The first kappa shape index (κ1) is 14.0. The fourth-order valence-electron chi connectivity index (χ4n) is 1.29. The molecular weight excluding hydrogens is 280 g/mol. The summed E-state index contributed by atoms with van der Waals surface area (Å²) in [6, 6.07) is 6.01. The Morgan fingerprint density at radius 1 is 1.47 bits per heavy atom. The standard InChI is InChI=1S/C12H19BrN4/c1-8(2)7-15-12(17-14)16-11-5-4-10(13)6-9(11)3/h4-6,8H,7,14H2,1-3H3,(H2,15,16,17). The molecule has 4 nitrogen and oxygen atoms in total. The van der Waals surface area contributed by atoms with E-state index in [0.717, 1.165) is 22.3 Å². The molecule has 0 saturated heterocycles. The number of nitrogens with two attached hydrogens (primary N) is 1. The van der Waals surface area contributed by atoms with Gasteiger partial charge in [0.1, 0.15) is 0 Å². The first-order valence-corrected chi connectivity index (χ1v) is 6.36. The summed E-state index contributed by atoms with van der Waals surface area (Å²) < 4.78 is 1.06. The number of hydrogen-bond acceptors (Lipinski definition) is 2. The molecule has 17 heavy (non-hydrogen) atoms. The molecule has 0 aliphatic carbocycles. The smallest absolute Gasteiger partial charge is 0.210 e. The number of aryl methyl sites for hydroxylation is 1. The SMILES string of the molecule is Cc1cc(Br)ccc1NC(=NCC(C)C)NN. The molecule has 4 N–H and O–H groups in total. The molecule has 0 heterocycles. The number of rotatable bonds is 3. The van der Waals surface area contributed by atoms with Crippen molar-refractivity contribution in [3.05, 3.63) is 28.2 Å². The number of nitrogens with zero attached hydrogens (tertiary/aromatic N) is 1. The lowest BCUT2D eigenvalue weighted by Gasteiger charge is -2.12. The quantitative estimate of drug-likeness (QED) is 0.348. The zero-order valence-electron chi connectivity index (χ0n) is 10.4. The van der Waals surface area contributed by atoms with E-state index in [1.165, 1.54) is 0 Å². The average molecular weight is 299 g/mol. The Hall–Kier alpha value is -1.07. The predicted octanol–water partition coefficient (Wildman–Crippen LogP) is 2.64. The number of hydrazine groups is 1. The lowest BCUT2D eigenvalue weighted by Crippen LogP contribution is -2.36. The van der Waals surface area contributed by atoms with E-state index in [-0.39, 0.29) is 0 Å². The third kappa shape index (κ3) is 4.75. The molecule has 1 aromatic carbocycles. The van der Waals surface area contributed by atoms with Gasteiger partial charge in [0.25, 0.3) is 0 Å². The number of benzene rings is 1. The van der Waals surface area contributed by atoms with Crippen molar-refractivity contribution in [2.45, 2.75) is 20.8 Å². The number of guanidine groups is 1. The molecule has 0 aliphatic heterocycles. The van der Waals surface area contributed by atoms with E-state index in [4.69, 9.17) is 5.84 Å². The zero-order valence-corrected chi connectivity index (χ0v) is 12.0. The molecule has 5 heteroatoms. The van der Waals surface area contributed by atoms with Crippen LogP contribution in [-0.4, -0.2) is 12.5 Å². The van der Waals surface area contributed by atoms with Gasteiger partial charge in [-0.05, 0) is 36.6 Å². The van der Waals surface area contributed by atoms with Crippen LogP contribution < -0.4 is 16.6 Å². The van der Waals surface area contributed by atoms with E-state index in [1.54, 1.807) is 0 Å². The fraction of sp³-hybridized carbons (Fsp3) is 0.417. The molecule has 0 saturated carbocycles. The molecule has 0 atom stereocenters. The Bertz CT molecular complexity index is 401. The van der Waals surface area contributed by atoms with Gasteiger partial charge in [0.05, 0.1) is 0 Å². The molecular formula is C12H19BrN4. The molecule has 0 radical (unpaired) electrons. The molecule has 0 bridgehead atoms. The molecule has 94 valence electrons. The topological polar surface area (TPSA) is 62.4 Å².